The number of nitrogens with zero attached hydrogens (tertiary/aromatic N) is 2. The fraction of sp³-hybridized carbons (Fsp3) is 0.556. The number of amides is 1. The first kappa shape index (κ1) is 18.3. The lowest BCUT2D eigenvalue weighted by molar-refractivity contribution is 0.0933. The second-order valence-electron chi connectivity index (χ2n) is 5.61. The van der Waals surface area contributed by atoms with Crippen molar-refractivity contribution in [2.24, 2.45) is 0 Å². The van der Waals surface area contributed by atoms with E-state index >= 15 is 0 Å². The number of ether oxygens (including phenoxy) is 2. The zero-order valence-electron chi connectivity index (χ0n) is 14.8. The van der Waals surface area contributed by atoms with Crippen LogP contribution in [0, 0.1) is 0 Å². The average molecular weight is 333 g/mol. The van der Waals surface area contributed by atoms with Crippen molar-refractivity contribution < 1.29 is 14.3 Å². The van der Waals surface area contributed by atoms with Gasteiger partial charge in [0, 0.05) is 26.0 Å². The summed E-state index contributed by atoms with van der Waals surface area (Å²) in [6, 6.07) is 3.70. The highest BCUT2D eigenvalue weighted by Gasteiger charge is 2.19. The van der Waals surface area contributed by atoms with Gasteiger partial charge in [-0.25, -0.2) is 4.98 Å². The molecule has 0 saturated heterocycles. The van der Waals surface area contributed by atoms with E-state index in [9.17, 15) is 4.79 Å². The molecular weight excluding hydrogens is 306 g/mol. The van der Waals surface area contributed by atoms with E-state index in [1.807, 2.05) is 25.3 Å². The van der Waals surface area contributed by atoms with Crippen LogP contribution in [-0.2, 0) is 11.2 Å². The predicted molar refractivity (Wildman–Crippen MR) is 93.8 cm³/mol. The second kappa shape index (κ2) is 9.27. The molecule has 2 rings (SSSR count). The van der Waals surface area contributed by atoms with E-state index in [2.05, 4.69) is 17.2 Å². The summed E-state index contributed by atoms with van der Waals surface area (Å²) in [5.74, 6) is 0.553. The lowest BCUT2D eigenvalue weighted by atomic mass is 10.2. The first-order valence-corrected chi connectivity index (χ1v) is 8.62. The third-order valence-electron chi connectivity index (χ3n) is 3.85. The van der Waals surface area contributed by atoms with E-state index < -0.39 is 0 Å². The van der Waals surface area contributed by atoms with Crippen molar-refractivity contribution in [3.05, 3.63) is 29.7 Å². The molecule has 1 amide bonds. The van der Waals surface area contributed by atoms with Gasteiger partial charge >= 0.3 is 0 Å². The van der Waals surface area contributed by atoms with Crippen molar-refractivity contribution in [2.45, 2.75) is 39.5 Å². The molecule has 132 valence electrons. The third kappa shape index (κ3) is 4.26. The molecule has 0 aliphatic heterocycles. The Balaban J connectivity index is 2.01. The molecule has 2 aromatic rings. The van der Waals surface area contributed by atoms with Gasteiger partial charge < -0.3 is 14.8 Å². The van der Waals surface area contributed by atoms with Gasteiger partial charge in [-0.15, -0.1) is 0 Å². The van der Waals surface area contributed by atoms with E-state index in [4.69, 9.17) is 9.47 Å². The number of aromatic nitrogens is 2. The van der Waals surface area contributed by atoms with Crippen LogP contribution in [0.25, 0.3) is 5.65 Å². The van der Waals surface area contributed by atoms with Crippen LogP contribution in [0.1, 0.15) is 49.3 Å². The molecule has 0 aliphatic rings. The Kier molecular flexibility index (Phi) is 7.06. The van der Waals surface area contributed by atoms with Crippen molar-refractivity contribution in [3.8, 4) is 5.75 Å². The van der Waals surface area contributed by atoms with Gasteiger partial charge in [0.1, 0.15) is 5.69 Å². The lowest BCUT2D eigenvalue weighted by Gasteiger charge is -2.08. The molecular formula is C18H27N3O3. The van der Waals surface area contributed by atoms with Gasteiger partial charge in [-0.05, 0) is 31.4 Å². The number of hydrogen-bond acceptors (Lipinski definition) is 4. The number of nitrogens with one attached hydrogen (secondary N) is 1. The van der Waals surface area contributed by atoms with Crippen molar-refractivity contribution in [1.29, 1.82) is 0 Å². The van der Waals surface area contributed by atoms with Gasteiger partial charge in [0.15, 0.2) is 11.4 Å². The molecule has 0 fully saturated rings. The molecule has 0 aromatic carbocycles. The van der Waals surface area contributed by atoms with Crippen LogP contribution < -0.4 is 10.1 Å². The van der Waals surface area contributed by atoms with Crippen molar-refractivity contribution in [1.82, 2.24) is 14.7 Å². The number of imidazole rings is 1. The number of carbonyl (C=O) groups excluding carboxylic acids is 1. The zero-order chi connectivity index (χ0) is 17.4. The van der Waals surface area contributed by atoms with Gasteiger partial charge in [0.2, 0.25) is 0 Å². The van der Waals surface area contributed by atoms with Crippen molar-refractivity contribution >= 4 is 11.6 Å². The summed E-state index contributed by atoms with van der Waals surface area (Å²) in [6.45, 7) is 6.18. The maximum absolute atomic E-state index is 12.6. The minimum atomic E-state index is -0.110. The Bertz CT molecular complexity index is 667. The SMILES string of the molecule is CCCCOCCCNC(=O)c1c(CC)nc2c(OC)cccn12. The van der Waals surface area contributed by atoms with Crippen molar-refractivity contribution in [2.75, 3.05) is 26.9 Å². The van der Waals surface area contributed by atoms with Crippen LogP contribution in [0.4, 0.5) is 0 Å². The van der Waals surface area contributed by atoms with Crippen molar-refractivity contribution in [3.63, 3.8) is 0 Å². The predicted octanol–water partition coefficient (Wildman–Crippen LogP) is 2.84. The maximum atomic E-state index is 12.6. The molecule has 6 nitrogen and oxygen atoms in total. The van der Waals surface area contributed by atoms with Crippen LogP contribution in [0.5, 0.6) is 5.75 Å². The summed E-state index contributed by atoms with van der Waals surface area (Å²) < 4.78 is 12.6. The van der Waals surface area contributed by atoms with Crippen LogP contribution in [0.15, 0.2) is 18.3 Å². The van der Waals surface area contributed by atoms with Crippen LogP contribution in [0.3, 0.4) is 0 Å². The summed E-state index contributed by atoms with van der Waals surface area (Å²) in [4.78, 5) is 17.1. The number of carbonyl (C=O) groups is 1. The van der Waals surface area contributed by atoms with E-state index in [1.54, 1.807) is 11.5 Å². The number of fused-ring (bicyclic) bond motifs is 1. The second-order valence-corrected chi connectivity index (χ2v) is 5.61. The Morgan fingerprint density at radius 1 is 1.29 bits per heavy atom. The summed E-state index contributed by atoms with van der Waals surface area (Å²) in [7, 11) is 1.61. The van der Waals surface area contributed by atoms with Crippen LogP contribution >= 0.6 is 0 Å². The molecule has 0 unspecified atom stereocenters. The summed E-state index contributed by atoms with van der Waals surface area (Å²) in [5, 5.41) is 2.96. The fourth-order valence-electron chi connectivity index (χ4n) is 2.54. The first-order valence-electron chi connectivity index (χ1n) is 8.62. The van der Waals surface area contributed by atoms with E-state index in [-0.39, 0.29) is 5.91 Å². The Hall–Kier alpha value is -2.08. The zero-order valence-corrected chi connectivity index (χ0v) is 14.8. The Labute approximate surface area is 143 Å². The summed E-state index contributed by atoms with van der Waals surface area (Å²) >= 11 is 0. The van der Waals surface area contributed by atoms with Gasteiger partial charge in [0.05, 0.1) is 12.8 Å². The summed E-state index contributed by atoms with van der Waals surface area (Å²) in [6.07, 6.45) is 5.54. The number of methoxy groups -OCH3 is 1. The highest BCUT2D eigenvalue weighted by atomic mass is 16.5. The van der Waals surface area contributed by atoms with E-state index in [0.29, 0.717) is 36.7 Å². The average Bonchev–Trinajstić information content (AvgIpc) is 2.99. The highest BCUT2D eigenvalue weighted by Crippen LogP contribution is 2.22. The number of aryl methyl sites for hydroxylation is 1. The number of pyridine rings is 1. The molecule has 2 aromatic heterocycles. The third-order valence-corrected chi connectivity index (χ3v) is 3.85. The first-order chi connectivity index (χ1) is 11.7. The molecule has 0 saturated carbocycles. The molecule has 24 heavy (non-hydrogen) atoms. The lowest BCUT2D eigenvalue weighted by Crippen LogP contribution is -2.27. The molecule has 0 spiro atoms. The molecule has 6 heteroatoms. The Morgan fingerprint density at radius 3 is 2.79 bits per heavy atom. The highest BCUT2D eigenvalue weighted by molar-refractivity contribution is 5.95. The quantitative estimate of drug-likeness (QED) is 0.679. The largest absolute Gasteiger partial charge is 0.493 e. The molecule has 0 bridgehead atoms. The standard InChI is InChI=1S/C18H27N3O3/c1-4-6-12-24-13-8-10-19-18(22)16-14(5-2)20-17-15(23-3)9-7-11-21(16)17/h7,9,11H,4-6,8,10,12-13H2,1-3H3,(H,19,22). The van der Waals surface area contributed by atoms with Gasteiger partial charge in [-0.1, -0.05) is 20.3 Å². The number of rotatable bonds is 10. The van der Waals surface area contributed by atoms with Crippen LogP contribution in [-0.4, -0.2) is 42.2 Å². The molecule has 0 radical (unpaired) electrons. The van der Waals surface area contributed by atoms with Gasteiger partial charge in [0.25, 0.3) is 5.91 Å². The minimum Gasteiger partial charge on any atom is -0.493 e. The fourth-order valence-corrected chi connectivity index (χ4v) is 2.54. The van der Waals surface area contributed by atoms with Crippen LogP contribution in [0.2, 0.25) is 0 Å². The smallest absolute Gasteiger partial charge is 0.270 e. The molecule has 1 N–H and O–H groups in total. The molecule has 2 heterocycles. The maximum Gasteiger partial charge on any atom is 0.270 e. The molecule has 0 atom stereocenters. The molecule has 0 aliphatic carbocycles. The van der Waals surface area contributed by atoms with E-state index in [0.717, 1.165) is 31.6 Å². The van der Waals surface area contributed by atoms with Gasteiger partial charge in [-0.3, -0.25) is 9.20 Å². The van der Waals surface area contributed by atoms with E-state index in [1.165, 1.54) is 0 Å². The topological polar surface area (TPSA) is 64.9 Å². The Morgan fingerprint density at radius 2 is 2.08 bits per heavy atom. The monoisotopic (exact) mass is 333 g/mol. The number of hydrogen-bond donors (Lipinski definition) is 1. The summed E-state index contributed by atoms with van der Waals surface area (Å²) in [5.41, 5.74) is 2.03. The normalized spacial score (nSPS) is 11.0. The number of unbranched alkanes of at least 4 members (excludes halogenated alkanes) is 1. The van der Waals surface area contributed by atoms with Gasteiger partial charge in [-0.2, -0.15) is 0 Å². The minimum absolute atomic E-state index is 0.110.